The van der Waals surface area contributed by atoms with Crippen molar-refractivity contribution < 1.29 is 14.3 Å². The van der Waals surface area contributed by atoms with Crippen LogP contribution in [0, 0.1) is 5.92 Å². The van der Waals surface area contributed by atoms with Gasteiger partial charge in [-0.15, -0.1) is 0 Å². The van der Waals surface area contributed by atoms with Crippen LogP contribution in [0.4, 0.5) is 10.5 Å². The average Bonchev–Trinajstić information content (AvgIpc) is 3.31. The normalized spacial score (nSPS) is 13.5. The molecule has 1 aromatic carbocycles. The van der Waals surface area contributed by atoms with E-state index in [9.17, 15) is 9.59 Å². The third-order valence-electron chi connectivity index (χ3n) is 3.62. The first-order valence-corrected chi connectivity index (χ1v) is 7.97. The second-order valence-corrected chi connectivity index (χ2v) is 5.59. The number of carbonyl (C=O) groups excluding carboxylic acids is 2. The molecule has 0 aromatic heterocycles. The highest BCUT2D eigenvalue weighted by atomic mass is 16.5. The van der Waals surface area contributed by atoms with Crippen LogP contribution in [0.3, 0.4) is 0 Å². The second kappa shape index (κ2) is 7.82. The van der Waals surface area contributed by atoms with Gasteiger partial charge in [0.2, 0.25) is 0 Å². The fraction of sp³-hybridized carbons (Fsp3) is 0.529. The summed E-state index contributed by atoms with van der Waals surface area (Å²) in [5.74, 6) is 0.222. The van der Waals surface area contributed by atoms with Gasteiger partial charge in [-0.2, -0.15) is 0 Å². The summed E-state index contributed by atoms with van der Waals surface area (Å²) in [7, 11) is 0. The summed E-state index contributed by atoms with van der Waals surface area (Å²) >= 11 is 0. The fourth-order valence-corrected chi connectivity index (χ4v) is 2.33. The maximum Gasteiger partial charge on any atom is 0.340 e. The predicted molar refractivity (Wildman–Crippen MR) is 86.0 cm³/mol. The molecule has 0 aliphatic heterocycles. The number of urea groups is 1. The molecule has 120 valence electrons. The molecule has 1 saturated carbocycles. The lowest BCUT2D eigenvalue weighted by Crippen LogP contribution is -2.37. The van der Waals surface area contributed by atoms with Gasteiger partial charge in [-0.25, -0.2) is 9.59 Å². The molecule has 1 aromatic rings. The molecule has 2 rings (SSSR count). The monoisotopic (exact) mass is 304 g/mol. The fourth-order valence-electron chi connectivity index (χ4n) is 2.33. The molecule has 5 heteroatoms. The van der Waals surface area contributed by atoms with E-state index in [-0.39, 0.29) is 6.03 Å². The minimum atomic E-state index is -0.414. The van der Waals surface area contributed by atoms with Gasteiger partial charge < -0.3 is 15.0 Å². The number of esters is 1. The molecule has 0 spiro atoms. The van der Waals surface area contributed by atoms with Gasteiger partial charge in [0.25, 0.3) is 0 Å². The highest BCUT2D eigenvalue weighted by Crippen LogP contribution is 2.30. The Morgan fingerprint density at radius 3 is 2.64 bits per heavy atom. The predicted octanol–water partition coefficient (Wildman–Crippen LogP) is 3.52. The molecule has 22 heavy (non-hydrogen) atoms. The lowest BCUT2D eigenvalue weighted by molar-refractivity contribution is 0.0527. The SMILES string of the molecule is CCCN(CC1CC1)C(=O)Nc1ccccc1C(=O)OCC. The molecule has 0 unspecified atom stereocenters. The van der Waals surface area contributed by atoms with Gasteiger partial charge in [-0.05, 0) is 44.2 Å². The van der Waals surface area contributed by atoms with Gasteiger partial charge in [0.05, 0.1) is 17.9 Å². The van der Waals surface area contributed by atoms with Gasteiger partial charge in [0, 0.05) is 13.1 Å². The molecule has 0 bridgehead atoms. The van der Waals surface area contributed by atoms with E-state index < -0.39 is 5.97 Å². The largest absolute Gasteiger partial charge is 0.462 e. The first kappa shape index (κ1) is 16.3. The Labute approximate surface area is 131 Å². The molecular weight excluding hydrogens is 280 g/mol. The Kier molecular flexibility index (Phi) is 5.81. The van der Waals surface area contributed by atoms with Crippen molar-refractivity contribution in [3.8, 4) is 0 Å². The third kappa shape index (κ3) is 4.48. The van der Waals surface area contributed by atoms with Crippen LogP contribution in [-0.4, -0.2) is 36.6 Å². The molecule has 0 atom stereocenters. The highest BCUT2D eigenvalue weighted by molar-refractivity contribution is 6.00. The maximum atomic E-state index is 12.5. The Morgan fingerprint density at radius 1 is 1.27 bits per heavy atom. The zero-order chi connectivity index (χ0) is 15.9. The molecule has 0 radical (unpaired) electrons. The van der Waals surface area contributed by atoms with Crippen molar-refractivity contribution in [1.29, 1.82) is 0 Å². The summed E-state index contributed by atoms with van der Waals surface area (Å²) in [6.45, 7) is 5.65. The van der Waals surface area contributed by atoms with Crippen LogP contribution >= 0.6 is 0 Å². The first-order chi connectivity index (χ1) is 10.7. The van der Waals surface area contributed by atoms with Gasteiger partial charge in [0.15, 0.2) is 0 Å². The van der Waals surface area contributed by atoms with E-state index in [0.29, 0.717) is 23.8 Å². The molecule has 1 fully saturated rings. The van der Waals surface area contributed by atoms with Crippen LogP contribution in [0.2, 0.25) is 0 Å². The van der Waals surface area contributed by atoms with Crippen molar-refractivity contribution in [2.24, 2.45) is 5.92 Å². The summed E-state index contributed by atoms with van der Waals surface area (Å²) in [4.78, 5) is 26.2. The summed E-state index contributed by atoms with van der Waals surface area (Å²) < 4.78 is 5.03. The van der Waals surface area contributed by atoms with Crippen LogP contribution in [0.1, 0.15) is 43.5 Å². The van der Waals surface area contributed by atoms with Crippen molar-refractivity contribution in [1.82, 2.24) is 4.90 Å². The van der Waals surface area contributed by atoms with Crippen LogP contribution in [-0.2, 0) is 4.74 Å². The van der Waals surface area contributed by atoms with Crippen LogP contribution in [0.5, 0.6) is 0 Å². The smallest absolute Gasteiger partial charge is 0.340 e. The zero-order valence-electron chi connectivity index (χ0n) is 13.3. The van der Waals surface area contributed by atoms with Crippen molar-refractivity contribution in [2.45, 2.75) is 33.1 Å². The lowest BCUT2D eigenvalue weighted by Gasteiger charge is -2.23. The van der Waals surface area contributed by atoms with Crippen LogP contribution in [0.25, 0.3) is 0 Å². The summed E-state index contributed by atoms with van der Waals surface area (Å²) in [6, 6.07) is 6.80. The van der Waals surface area contributed by atoms with E-state index in [4.69, 9.17) is 4.74 Å². The second-order valence-electron chi connectivity index (χ2n) is 5.59. The molecule has 0 saturated heterocycles. The standard InChI is InChI=1S/C17H24N2O3/c1-3-11-19(12-13-9-10-13)17(21)18-15-8-6-5-7-14(15)16(20)22-4-2/h5-8,13H,3-4,9-12H2,1-2H3,(H,18,21). The zero-order valence-corrected chi connectivity index (χ0v) is 13.3. The quantitative estimate of drug-likeness (QED) is 0.784. The van der Waals surface area contributed by atoms with Crippen LogP contribution in [0.15, 0.2) is 24.3 Å². The minimum Gasteiger partial charge on any atom is -0.462 e. The van der Waals surface area contributed by atoms with Gasteiger partial charge in [0.1, 0.15) is 0 Å². The Morgan fingerprint density at radius 2 is 2.00 bits per heavy atom. The number of nitrogens with one attached hydrogen (secondary N) is 1. The maximum absolute atomic E-state index is 12.5. The van der Waals surface area contributed by atoms with E-state index in [0.717, 1.165) is 19.5 Å². The number of nitrogens with zero attached hydrogens (tertiary/aromatic N) is 1. The van der Waals surface area contributed by atoms with Crippen molar-refractivity contribution >= 4 is 17.7 Å². The minimum absolute atomic E-state index is 0.148. The lowest BCUT2D eigenvalue weighted by atomic mass is 10.2. The molecule has 2 amide bonds. The first-order valence-electron chi connectivity index (χ1n) is 7.97. The van der Waals surface area contributed by atoms with E-state index in [1.165, 1.54) is 12.8 Å². The Hall–Kier alpha value is -2.04. The summed E-state index contributed by atoms with van der Waals surface area (Å²) in [5, 5.41) is 2.85. The number of anilines is 1. The van der Waals surface area contributed by atoms with Crippen molar-refractivity contribution in [3.63, 3.8) is 0 Å². The molecular formula is C17H24N2O3. The van der Waals surface area contributed by atoms with Gasteiger partial charge in [-0.1, -0.05) is 19.1 Å². The van der Waals surface area contributed by atoms with E-state index >= 15 is 0 Å². The summed E-state index contributed by atoms with van der Waals surface area (Å²) in [5.41, 5.74) is 0.892. The van der Waals surface area contributed by atoms with Crippen molar-refractivity contribution in [2.75, 3.05) is 25.0 Å². The third-order valence-corrected chi connectivity index (χ3v) is 3.62. The van der Waals surface area contributed by atoms with E-state index in [2.05, 4.69) is 12.2 Å². The van der Waals surface area contributed by atoms with E-state index in [1.807, 2.05) is 4.90 Å². The average molecular weight is 304 g/mol. The molecule has 5 nitrogen and oxygen atoms in total. The van der Waals surface area contributed by atoms with Crippen LogP contribution < -0.4 is 5.32 Å². The molecule has 0 heterocycles. The number of rotatable bonds is 7. The number of hydrogen-bond acceptors (Lipinski definition) is 3. The number of ether oxygens (including phenoxy) is 1. The Bertz CT molecular complexity index is 526. The highest BCUT2D eigenvalue weighted by Gasteiger charge is 2.26. The Balaban J connectivity index is 2.07. The summed E-state index contributed by atoms with van der Waals surface area (Å²) in [6.07, 6.45) is 3.32. The molecule has 1 aliphatic rings. The van der Waals surface area contributed by atoms with Gasteiger partial charge in [-0.3, -0.25) is 0 Å². The number of carbonyl (C=O) groups is 2. The number of para-hydroxylation sites is 1. The topological polar surface area (TPSA) is 58.6 Å². The van der Waals surface area contributed by atoms with Gasteiger partial charge >= 0.3 is 12.0 Å². The van der Waals surface area contributed by atoms with E-state index in [1.54, 1.807) is 31.2 Å². The number of benzene rings is 1. The van der Waals surface area contributed by atoms with Crippen molar-refractivity contribution in [3.05, 3.63) is 29.8 Å². The molecule has 1 N–H and O–H groups in total. The number of hydrogen-bond donors (Lipinski definition) is 1. The molecule has 1 aliphatic carbocycles. The number of amides is 2.